The van der Waals surface area contributed by atoms with Crippen LogP contribution in [-0.4, -0.2) is 47.6 Å². The van der Waals surface area contributed by atoms with Crippen molar-refractivity contribution < 1.29 is 33.5 Å². The van der Waals surface area contributed by atoms with E-state index >= 15 is 0 Å². The molecule has 0 bridgehead atoms. The van der Waals surface area contributed by atoms with E-state index in [-0.39, 0.29) is 17.2 Å². The highest BCUT2D eigenvalue weighted by Gasteiger charge is 2.36. The second kappa shape index (κ2) is 12.5. The number of carbonyl (C=O) groups excluding carboxylic acids is 3. The van der Waals surface area contributed by atoms with E-state index in [0.717, 1.165) is 22.2 Å². The fraction of sp³-hybridized carbons (Fsp3) is 0.148. The van der Waals surface area contributed by atoms with Crippen molar-refractivity contribution in [3.05, 3.63) is 91.8 Å². The molecule has 0 unspecified atom stereocenters. The van der Waals surface area contributed by atoms with Crippen LogP contribution >= 0.6 is 23.4 Å². The van der Waals surface area contributed by atoms with Gasteiger partial charge >= 0.3 is 0 Å². The zero-order valence-electron chi connectivity index (χ0n) is 21.2. The summed E-state index contributed by atoms with van der Waals surface area (Å²) in [5.41, 5.74) is 1.67. The molecule has 0 aromatic heterocycles. The molecule has 4 rings (SSSR count). The number of ether oxygens (including phenoxy) is 3. The number of nitrogens with one attached hydrogen (secondary N) is 1. The molecule has 0 radical (unpaired) electrons. The number of imide groups is 1. The number of halogens is 1. The summed E-state index contributed by atoms with van der Waals surface area (Å²) in [6, 6.07) is 15.6. The van der Waals surface area contributed by atoms with Crippen LogP contribution in [0.15, 0.2) is 65.6 Å². The molecule has 13 heteroatoms. The average Bonchev–Trinajstić information content (AvgIpc) is 3.19. The molecule has 0 saturated carbocycles. The summed E-state index contributed by atoms with van der Waals surface area (Å²) in [4.78, 5) is 49.2. The van der Waals surface area contributed by atoms with Crippen LogP contribution in [-0.2, 0) is 16.2 Å². The Labute approximate surface area is 237 Å². The SMILES string of the molecule is COc1ccc(NC(=O)CN2C(=O)S/C(=C/c3ccc(OCc4ccc([N+](=O)[O-])cc4)c(OC)c3)C2=O)cc1Cl. The minimum absolute atomic E-state index is 0.0159. The first-order valence-corrected chi connectivity index (χ1v) is 12.8. The summed E-state index contributed by atoms with van der Waals surface area (Å²) in [5.74, 6) is 0.0710. The third-order valence-corrected chi connectivity index (χ3v) is 6.84. The number of benzene rings is 3. The molecule has 1 heterocycles. The largest absolute Gasteiger partial charge is 0.495 e. The molecule has 1 N–H and O–H groups in total. The van der Waals surface area contributed by atoms with Gasteiger partial charge in [-0.05, 0) is 71.4 Å². The summed E-state index contributed by atoms with van der Waals surface area (Å²) in [6.45, 7) is -0.318. The molecule has 3 aromatic carbocycles. The van der Waals surface area contributed by atoms with Gasteiger partial charge in [0.2, 0.25) is 5.91 Å². The van der Waals surface area contributed by atoms with Crippen LogP contribution in [0.25, 0.3) is 6.08 Å². The Morgan fingerprint density at radius 3 is 2.38 bits per heavy atom. The van der Waals surface area contributed by atoms with Crippen molar-refractivity contribution in [2.75, 3.05) is 26.1 Å². The number of anilines is 1. The number of nitro groups is 1. The van der Waals surface area contributed by atoms with Gasteiger partial charge in [-0.2, -0.15) is 0 Å². The van der Waals surface area contributed by atoms with Gasteiger partial charge in [-0.15, -0.1) is 0 Å². The number of hydrogen-bond donors (Lipinski definition) is 1. The maximum Gasteiger partial charge on any atom is 0.294 e. The molecule has 1 fully saturated rings. The highest BCUT2D eigenvalue weighted by molar-refractivity contribution is 8.18. The lowest BCUT2D eigenvalue weighted by Crippen LogP contribution is -2.36. The number of nitrogens with zero attached hydrogens (tertiary/aromatic N) is 2. The predicted molar refractivity (Wildman–Crippen MR) is 150 cm³/mol. The highest BCUT2D eigenvalue weighted by atomic mass is 35.5. The van der Waals surface area contributed by atoms with Crippen molar-refractivity contribution in [3.8, 4) is 17.2 Å². The van der Waals surface area contributed by atoms with E-state index in [9.17, 15) is 24.5 Å². The Morgan fingerprint density at radius 2 is 1.73 bits per heavy atom. The van der Waals surface area contributed by atoms with Crippen LogP contribution in [0, 0.1) is 10.1 Å². The van der Waals surface area contributed by atoms with Crippen molar-refractivity contribution in [3.63, 3.8) is 0 Å². The predicted octanol–water partition coefficient (Wildman–Crippen LogP) is 5.52. The van der Waals surface area contributed by atoms with Crippen molar-refractivity contribution in [1.82, 2.24) is 4.90 Å². The number of hydrogen-bond acceptors (Lipinski definition) is 9. The molecule has 1 aliphatic rings. The second-order valence-electron chi connectivity index (χ2n) is 8.29. The zero-order valence-corrected chi connectivity index (χ0v) is 22.8. The van der Waals surface area contributed by atoms with Crippen LogP contribution in [0.3, 0.4) is 0 Å². The average molecular weight is 584 g/mol. The first-order chi connectivity index (χ1) is 19.2. The lowest BCUT2D eigenvalue weighted by Gasteiger charge is -2.13. The number of thioether (sulfide) groups is 1. The van der Waals surface area contributed by atoms with E-state index in [1.165, 1.54) is 38.5 Å². The Balaban J connectivity index is 1.40. The number of carbonyl (C=O) groups is 3. The number of non-ortho nitro benzene ring substituents is 1. The summed E-state index contributed by atoms with van der Waals surface area (Å²) < 4.78 is 16.3. The van der Waals surface area contributed by atoms with Gasteiger partial charge in [0.15, 0.2) is 11.5 Å². The summed E-state index contributed by atoms with van der Waals surface area (Å²) >= 11 is 6.80. The quantitative estimate of drug-likeness (QED) is 0.186. The molecule has 0 atom stereocenters. The van der Waals surface area contributed by atoms with Gasteiger partial charge in [-0.1, -0.05) is 17.7 Å². The maximum absolute atomic E-state index is 12.9. The zero-order chi connectivity index (χ0) is 28.8. The van der Waals surface area contributed by atoms with Crippen LogP contribution in [0.4, 0.5) is 16.2 Å². The topological polar surface area (TPSA) is 137 Å². The summed E-state index contributed by atoms with van der Waals surface area (Å²) in [5, 5.41) is 13.1. The smallest absolute Gasteiger partial charge is 0.294 e. The Bertz CT molecular complexity index is 1510. The maximum atomic E-state index is 12.9. The number of rotatable bonds is 10. The van der Waals surface area contributed by atoms with Crippen molar-refractivity contribution in [2.45, 2.75) is 6.61 Å². The number of methoxy groups -OCH3 is 2. The molecule has 0 spiro atoms. The van der Waals surface area contributed by atoms with E-state index in [1.807, 2.05) is 0 Å². The first kappa shape index (κ1) is 28.5. The van der Waals surface area contributed by atoms with Gasteiger partial charge in [-0.25, -0.2) is 0 Å². The fourth-order valence-corrected chi connectivity index (χ4v) is 4.74. The third kappa shape index (κ3) is 6.71. The van der Waals surface area contributed by atoms with Crippen LogP contribution in [0.2, 0.25) is 5.02 Å². The molecule has 3 aromatic rings. The standard InChI is InChI=1S/C27H22ClN3O8S/c1-37-21-10-6-18(13-20(21)28)29-25(32)14-30-26(33)24(40-27(30)34)12-17-5-9-22(23(11-17)38-2)39-15-16-3-7-19(8-4-16)31(35)36/h3-13H,14-15H2,1-2H3,(H,29,32)/b24-12+. The van der Waals surface area contributed by atoms with Gasteiger partial charge in [0.05, 0.1) is 29.1 Å². The molecule has 11 nitrogen and oxygen atoms in total. The van der Waals surface area contributed by atoms with Gasteiger partial charge in [-0.3, -0.25) is 29.4 Å². The van der Waals surface area contributed by atoms with Gasteiger partial charge in [0.1, 0.15) is 18.9 Å². The monoisotopic (exact) mass is 583 g/mol. The summed E-state index contributed by atoms with van der Waals surface area (Å²) in [6.07, 6.45) is 1.52. The molecule has 3 amide bonds. The molecule has 206 valence electrons. The minimum atomic E-state index is -0.602. The Morgan fingerprint density at radius 1 is 1.02 bits per heavy atom. The van der Waals surface area contributed by atoms with Crippen molar-refractivity contribution in [2.24, 2.45) is 0 Å². The lowest BCUT2D eigenvalue weighted by molar-refractivity contribution is -0.384. The molecular formula is C27H22ClN3O8S. The van der Waals surface area contributed by atoms with Crippen molar-refractivity contribution >= 4 is 57.9 Å². The molecule has 1 saturated heterocycles. The van der Waals surface area contributed by atoms with E-state index in [0.29, 0.717) is 33.5 Å². The second-order valence-corrected chi connectivity index (χ2v) is 9.69. The highest BCUT2D eigenvalue weighted by Crippen LogP contribution is 2.35. The van der Waals surface area contributed by atoms with Crippen molar-refractivity contribution in [1.29, 1.82) is 0 Å². The normalized spacial score (nSPS) is 13.9. The first-order valence-electron chi connectivity index (χ1n) is 11.6. The Hall–Kier alpha value is -4.55. The number of amides is 3. The molecule has 0 aliphatic carbocycles. The van der Waals surface area contributed by atoms with Crippen LogP contribution in [0.5, 0.6) is 17.2 Å². The van der Waals surface area contributed by atoms with E-state index < -0.39 is 28.5 Å². The van der Waals surface area contributed by atoms with Gasteiger partial charge in [0, 0.05) is 17.8 Å². The molecular weight excluding hydrogens is 562 g/mol. The molecule has 40 heavy (non-hydrogen) atoms. The van der Waals surface area contributed by atoms with E-state index in [4.69, 9.17) is 25.8 Å². The third-order valence-electron chi connectivity index (χ3n) is 5.64. The van der Waals surface area contributed by atoms with Crippen LogP contribution in [0.1, 0.15) is 11.1 Å². The van der Waals surface area contributed by atoms with Crippen LogP contribution < -0.4 is 19.5 Å². The van der Waals surface area contributed by atoms with E-state index in [1.54, 1.807) is 42.5 Å². The number of nitro benzene ring substituents is 1. The Kier molecular flexibility index (Phi) is 8.92. The molecule has 1 aliphatic heterocycles. The van der Waals surface area contributed by atoms with E-state index in [2.05, 4.69) is 5.32 Å². The summed E-state index contributed by atoms with van der Waals surface area (Å²) in [7, 11) is 2.93. The fourth-order valence-electron chi connectivity index (χ4n) is 3.64. The van der Waals surface area contributed by atoms with Gasteiger partial charge < -0.3 is 19.5 Å². The lowest BCUT2D eigenvalue weighted by atomic mass is 10.1. The minimum Gasteiger partial charge on any atom is -0.495 e. The van der Waals surface area contributed by atoms with Gasteiger partial charge in [0.25, 0.3) is 16.8 Å².